The first-order chi connectivity index (χ1) is 10.7. The zero-order chi connectivity index (χ0) is 15.7. The second-order valence-electron chi connectivity index (χ2n) is 5.90. The smallest absolute Gasteiger partial charge is 0.147 e. The standard InChI is InChI=1S/C18H20O4/c1-3-10-22-11-14-17(12-4-6-13(21-2)7-5-12)18(14)15(19)8-9-16(18)20/h3-7,14,17H,1,8-11H2,2H3/t14-,17-/m0/s1. The molecule has 0 bridgehead atoms. The summed E-state index contributed by atoms with van der Waals surface area (Å²) in [5.41, 5.74) is 0.173. The van der Waals surface area contributed by atoms with Crippen molar-refractivity contribution in [3.8, 4) is 5.75 Å². The van der Waals surface area contributed by atoms with Crippen LogP contribution >= 0.6 is 0 Å². The number of benzene rings is 1. The Kier molecular flexibility index (Phi) is 3.87. The van der Waals surface area contributed by atoms with Crippen LogP contribution in [0.5, 0.6) is 5.75 Å². The normalized spacial score (nSPS) is 25.5. The maximum Gasteiger partial charge on any atom is 0.147 e. The molecular weight excluding hydrogens is 280 g/mol. The van der Waals surface area contributed by atoms with E-state index >= 15 is 0 Å². The Hall–Kier alpha value is -1.94. The number of ketones is 2. The zero-order valence-corrected chi connectivity index (χ0v) is 12.7. The van der Waals surface area contributed by atoms with Crippen LogP contribution in [-0.2, 0) is 14.3 Å². The molecule has 1 aromatic carbocycles. The lowest BCUT2D eigenvalue weighted by Crippen LogP contribution is -2.21. The van der Waals surface area contributed by atoms with Crippen LogP contribution in [0, 0.1) is 11.3 Å². The molecule has 2 aliphatic rings. The second-order valence-corrected chi connectivity index (χ2v) is 5.90. The SMILES string of the molecule is C=CCOC[C@H]1[C@H](c2ccc(OC)cc2)C12C(=O)CCC2=O. The van der Waals surface area contributed by atoms with Gasteiger partial charge in [0, 0.05) is 24.7 Å². The van der Waals surface area contributed by atoms with E-state index in [1.54, 1.807) is 13.2 Å². The monoisotopic (exact) mass is 300 g/mol. The lowest BCUT2D eigenvalue weighted by molar-refractivity contribution is -0.130. The summed E-state index contributed by atoms with van der Waals surface area (Å²) < 4.78 is 10.7. The van der Waals surface area contributed by atoms with Crippen molar-refractivity contribution in [3.05, 3.63) is 42.5 Å². The van der Waals surface area contributed by atoms with Crippen molar-refractivity contribution in [2.45, 2.75) is 18.8 Å². The van der Waals surface area contributed by atoms with Crippen LogP contribution < -0.4 is 4.74 Å². The van der Waals surface area contributed by atoms with E-state index in [9.17, 15) is 9.59 Å². The number of methoxy groups -OCH3 is 1. The molecule has 0 N–H and O–H groups in total. The third kappa shape index (κ3) is 2.10. The molecule has 0 amide bonds. The highest BCUT2D eigenvalue weighted by atomic mass is 16.5. The van der Waals surface area contributed by atoms with E-state index in [-0.39, 0.29) is 23.4 Å². The van der Waals surface area contributed by atoms with E-state index in [1.165, 1.54) is 0 Å². The molecule has 2 atom stereocenters. The quantitative estimate of drug-likeness (QED) is 0.460. The molecule has 22 heavy (non-hydrogen) atoms. The molecule has 116 valence electrons. The van der Waals surface area contributed by atoms with Gasteiger partial charge >= 0.3 is 0 Å². The summed E-state index contributed by atoms with van der Waals surface area (Å²) >= 11 is 0. The van der Waals surface area contributed by atoms with Crippen molar-refractivity contribution in [2.24, 2.45) is 11.3 Å². The Morgan fingerprint density at radius 2 is 1.86 bits per heavy atom. The maximum atomic E-state index is 12.4. The molecule has 4 heteroatoms. The van der Waals surface area contributed by atoms with E-state index in [2.05, 4.69) is 6.58 Å². The van der Waals surface area contributed by atoms with Gasteiger partial charge in [-0.15, -0.1) is 6.58 Å². The minimum atomic E-state index is -0.838. The number of hydrogen-bond donors (Lipinski definition) is 0. The Bertz CT molecular complexity index is 586. The minimum absolute atomic E-state index is 0.0525. The first-order valence-electron chi connectivity index (χ1n) is 7.55. The van der Waals surface area contributed by atoms with Gasteiger partial charge in [0.1, 0.15) is 22.7 Å². The molecule has 4 nitrogen and oxygen atoms in total. The second kappa shape index (κ2) is 5.69. The largest absolute Gasteiger partial charge is 0.497 e. The van der Waals surface area contributed by atoms with Crippen molar-refractivity contribution >= 4 is 11.6 Å². The zero-order valence-electron chi connectivity index (χ0n) is 12.7. The lowest BCUT2D eigenvalue weighted by Gasteiger charge is -2.07. The van der Waals surface area contributed by atoms with Crippen molar-refractivity contribution in [2.75, 3.05) is 20.3 Å². The van der Waals surface area contributed by atoms with Crippen LogP contribution in [0.25, 0.3) is 0 Å². The third-order valence-corrected chi connectivity index (χ3v) is 4.88. The fourth-order valence-corrected chi connectivity index (χ4v) is 3.83. The van der Waals surface area contributed by atoms with Crippen molar-refractivity contribution in [1.29, 1.82) is 0 Å². The number of hydrogen-bond acceptors (Lipinski definition) is 4. The summed E-state index contributed by atoms with van der Waals surface area (Å²) in [6, 6.07) is 7.62. The van der Waals surface area contributed by atoms with Gasteiger partial charge in [-0.2, -0.15) is 0 Å². The van der Waals surface area contributed by atoms with E-state index < -0.39 is 5.41 Å². The van der Waals surface area contributed by atoms with Gasteiger partial charge in [-0.3, -0.25) is 9.59 Å². The Balaban J connectivity index is 1.88. The van der Waals surface area contributed by atoms with Gasteiger partial charge in [0.05, 0.1) is 20.3 Å². The molecule has 1 spiro atoms. The Morgan fingerprint density at radius 3 is 2.41 bits per heavy atom. The molecule has 0 radical (unpaired) electrons. The fourth-order valence-electron chi connectivity index (χ4n) is 3.83. The average molecular weight is 300 g/mol. The highest BCUT2D eigenvalue weighted by molar-refractivity contribution is 6.17. The Morgan fingerprint density at radius 1 is 1.23 bits per heavy atom. The minimum Gasteiger partial charge on any atom is -0.497 e. The predicted octanol–water partition coefficient (Wildman–Crippen LogP) is 2.53. The van der Waals surface area contributed by atoms with Crippen LogP contribution in [-0.4, -0.2) is 31.9 Å². The van der Waals surface area contributed by atoms with E-state index in [0.717, 1.165) is 11.3 Å². The van der Waals surface area contributed by atoms with Crippen LogP contribution in [0.1, 0.15) is 24.3 Å². The highest BCUT2D eigenvalue weighted by Crippen LogP contribution is 2.69. The maximum absolute atomic E-state index is 12.4. The summed E-state index contributed by atoms with van der Waals surface area (Å²) in [4.78, 5) is 24.8. The molecule has 2 fully saturated rings. The molecule has 0 aliphatic heterocycles. The van der Waals surface area contributed by atoms with Crippen molar-refractivity contribution in [3.63, 3.8) is 0 Å². The summed E-state index contributed by atoms with van der Waals surface area (Å²) in [6.45, 7) is 4.47. The van der Waals surface area contributed by atoms with E-state index in [0.29, 0.717) is 26.1 Å². The molecule has 0 saturated heterocycles. The molecule has 0 heterocycles. The number of ether oxygens (including phenoxy) is 2. The first kappa shape index (κ1) is 15.0. The van der Waals surface area contributed by atoms with Gasteiger partial charge in [-0.25, -0.2) is 0 Å². The summed E-state index contributed by atoms with van der Waals surface area (Å²) in [5.74, 6) is 0.798. The predicted molar refractivity (Wildman–Crippen MR) is 81.9 cm³/mol. The van der Waals surface area contributed by atoms with Gasteiger partial charge in [-0.05, 0) is 17.7 Å². The molecule has 3 rings (SSSR count). The third-order valence-electron chi connectivity index (χ3n) is 4.88. The van der Waals surface area contributed by atoms with E-state index in [1.807, 2.05) is 24.3 Å². The fraction of sp³-hybridized carbons (Fsp3) is 0.444. The van der Waals surface area contributed by atoms with E-state index in [4.69, 9.17) is 9.47 Å². The molecule has 0 unspecified atom stereocenters. The summed E-state index contributed by atoms with van der Waals surface area (Å²) in [7, 11) is 1.61. The van der Waals surface area contributed by atoms with Crippen LogP contribution in [0.4, 0.5) is 0 Å². The Labute approximate surface area is 130 Å². The molecule has 0 aromatic heterocycles. The van der Waals surface area contributed by atoms with Crippen LogP contribution in [0.2, 0.25) is 0 Å². The van der Waals surface area contributed by atoms with Gasteiger partial charge in [0.25, 0.3) is 0 Å². The van der Waals surface area contributed by atoms with Crippen molar-refractivity contribution < 1.29 is 19.1 Å². The summed E-state index contributed by atoms with van der Waals surface area (Å²) in [5, 5.41) is 0. The number of Topliss-reactive ketones (excluding diaryl/α,β-unsaturated/α-hetero) is 2. The first-order valence-corrected chi connectivity index (χ1v) is 7.55. The van der Waals surface area contributed by atoms with Gasteiger partial charge in [0.15, 0.2) is 0 Å². The van der Waals surface area contributed by atoms with Gasteiger partial charge in [0.2, 0.25) is 0 Å². The number of carbonyl (C=O) groups excluding carboxylic acids is 2. The number of carbonyl (C=O) groups is 2. The van der Waals surface area contributed by atoms with Crippen LogP contribution in [0.15, 0.2) is 36.9 Å². The van der Waals surface area contributed by atoms with Gasteiger partial charge in [-0.1, -0.05) is 18.2 Å². The van der Waals surface area contributed by atoms with Crippen molar-refractivity contribution in [1.82, 2.24) is 0 Å². The number of rotatable bonds is 6. The highest BCUT2D eigenvalue weighted by Gasteiger charge is 2.74. The lowest BCUT2D eigenvalue weighted by atomic mass is 9.95. The molecular formula is C18H20O4. The topological polar surface area (TPSA) is 52.6 Å². The van der Waals surface area contributed by atoms with Gasteiger partial charge < -0.3 is 9.47 Å². The molecule has 1 aromatic rings. The summed E-state index contributed by atoms with van der Waals surface area (Å²) in [6.07, 6.45) is 2.41. The molecule has 2 aliphatic carbocycles. The molecule has 2 saturated carbocycles. The van der Waals surface area contributed by atoms with Crippen LogP contribution in [0.3, 0.4) is 0 Å². The average Bonchev–Trinajstić information content (AvgIpc) is 3.13.